The van der Waals surface area contributed by atoms with E-state index < -0.39 is 28.5 Å². The van der Waals surface area contributed by atoms with Crippen molar-refractivity contribution in [3.05, 3.63) is 124 Å². The minimum Gasteiger partial charge on any atom is -0.497 e. The predicted octanol–water partition coefficient (Wildman–Crippen LogP) is 6.13. The van der Waals surface area contributed by atoms with Gasteiger partial charge in [-0.1, -0.05) is 76.1 Å². The van der Waals surface area contributed by atoms with Crippen molar-refractivity contribution >= 4 is 43.5 Å². The average Bonchev–Trinajstić information content (AvgIpc) is 3.02. The monoisotopic (exact) mass is 691 g/mol. The summed E-state index contributed by atoms with van der Waals surface area (Å²) in [6, 6.07) is 28.8. The highest BCUT2D eigenvalue weighted by atomic mass is 79.9. The van der Waals surface area contributed by atoms with Crippen LogP contribution in [-0.4, -0.2) is 50.9 Å². The first-order chi connectivity index (χ1) is 21.5. The van der Waals surface area contributed by atoms with E-state index in [0.29, 0.717) is 11.4 Å². The molecule has 0 heterocycles. The molecule has 10 heteroatoms. The minimum absolute atomic E-state index is 0.0505. The van der Waals surface area contributed by atoms with Gasteiger partial charge in [0.2, 0.25) is 11.8 Å². The van der Waals surface area contributed by atoms with E-state index in [-0.39, 0.29) is 29.8 Å². The number of aryl methyl sites for hydroxylation is 1. The van der Waals surface area contributed by atoms with Crippen molar-refractivity contribution in [2.24, 2.45) is 0 Å². The van der Waals surface area contributed by atoms with Gasteiger partial charge in [-0.3, -0.25) is 13.9 Å². The normalized spacial score (nSPS) is 12.0. The standard InChI is InChI=1S/C35H38BrN3O5S/c1-25(2)37-35(41)33(22-27-8-6-5-7-9-27)38(23-28-12-14-29(36)15-13-28)34(40)24-39(30-16-18-31(44-4)19-17-30)45(42,43)32-20-10-26(3)11-21-32/h5-21,25,33H,22-24H2,1-4H3,(H,37,41)/t33-/m1/s1. The number of methoxy groups -OCH3 is 1. The summed E-state index contributed by atoms with van der Waals surface area (Å²) < 4.78 is 35.5. The van der Waals surface area contributed by atoms with Crippen molar-refractivity contribution in [2.75, 3.05) is 18.0 Å². The molecule has 0 radical (unpaired) electrons. The van der Waals surface area contributed by atoms with Crippen molar-refractivity contribution < 1.29 is 22.7 Å². The van der Waals surface area contributed by atoms with Crippen LogP contribution in [0.1, 0.15) is 30.5 Å². The number of sulfonamides is 1. The second-order valence-corrected chi connectivity index (χ2v) is 13.8. The minimum atomic E-state index is -4.18. The molecule has 0 bridgehead atoms. The number of carbonyl (C=O) groups excluding carboxylic acids is 2. The van der Waals surface area contributed by atoms with Gasteiger partial charge >= 0.3 is 0 Å². The molecular weight excluding hydrogens is 654 g/mol. The molecule has 0 spiro atoms. The molecule has 8 nitrogen and oxygen atoms in total. The molecule has 4 aromatic carbocycles. The highest BCUT2D eigenvalue weighted by Crippen LogP contribution is 2.27. The molecule has 0 fully saturated rings. The molecule has 2 amide bonds. The van der Waals surface area contributed by atoms with Crippen LogP contribution in [0.2, 0.25) is 0 Å². The smallest absolute Gasteiger partial charge is 0.264 e. The molecule has 4 rings (SSSR count). The van der Waals surface area contributed by atoms with Crippen LogP contribution >= 0.6 is 15.9 Å². The highest BCUT2D eigenvalue weighted by molar-refractivity contribution is 9.10. The van der Waals surface area contributed by atoms with Gasteiger partial charge in [0.05, 0.1) is 17.7 Å². The average molecular weight is 693 g/mol. The number of hydrogen-bond donors (Lipinski definition) is 1. The zero-order valence-corrected chi connectivity index (χ0v) is 28.2. The van der Waals surface area contributed by atoms with Gasteiger partial charge in [0, 0.05) is 23.5 Å². The number of hydrogen-bond acceptors (Lipinski definition) is 5. The van der Waals surface area contributed by atoms with Gasteiger partial charge in [-0.15, -0.1) is 0 Å². The van der Waals surface area contributed by atoms with E-state index in [1.807, 2.05) is 75.4 Å². The Balaban J connectivity index is 1.80. The second-order valence-electron chi connectivity index (χ2n) is 11.0. The third-order valence-corrected chi connectivity index (χ3v) is 9.53. The van der Waals surface area contributed by atoms with Gasteiger partial charge in [0.1, 0.15) is 18.3 Å². The molecule has 0 unspecified atom stereocenters. The van der Waals surface area contributed by atoms with E-state index in [1.54, 1.807) is 36.4 Å². The van der Waals surface area contributed by atoms with Crippen LogP contribution in [-0.2, 0) is 32.6 Å². The maximum atomic E-state index is 14.5. The molecule has 45 heavy (non-hydrogen) atoms. The first-order valence-corrected chi connectivity index (χ1v) is 16.8. The summed E-state index contributed by atoms with van der Waals surface area (Å²) in [6.45, 7) is 5.15. The molecule has 1 atom stereocenters. The Labute approximate surface area is 274 Å². The number of carbonyl (C=O) groups is 2. The third kappa shape index (κ3) is 8.95. The summed E-state index contributed by atoms with van der Waals surface area (Å²) in [5.41, 5.74) is 2.86. The van der Waals surface area contributed by atoms with Crippen molar-refractivity contribution in [3.8, 4) is 5.75 Å². The summed E-state index contributed by atoms with van der Waals surface area (Å²) in [7, 11) is -2.66. The van der Waals surface area contributed by atoms with Crippen molar-refractivity contribution in [3.63, 3.8) is 0 Å². The Morgan fingerprint density at radius 2 is 1.47 bits per heavy atom. The Hall–Kier alpha value is -4.15. The van der Waals surface area contributed by atoms with Gasteiger partial charge in [-0.05, 0) is 80.4 Å². The number of anilines is 1. The lowest BCUT2D eigenvalue weighted by Gasteiger charge is -2.34. The first kappa shape index (κ1) is 33.7. The number of amides is 2. The quantitative estimate of drug-likeness (QED) is 0.182. The largest absolute Gasteiger partial charge is 0.497 e. The van der Waals surface area contributed by atoms with Crippen LogP contribution in [0.25, 0.3) is 0 Å². The van der Waals surface area contributed by atoms with E-state index in [9.17, 15) is 18.0 Å². The first-order valence-electron chi connectivity index (χ1n) is 14.6. The third-order valence-electron chi connectivity index (χ3n) is 7.22. The zero-order chi connectivity index (χ0) is 32.6. The van der Waals surface area contributed by atoms with E-state index >= 15 is 0 Å². The molecular formula is C35H38BrN3O5S. The van der Waals surface area contributed by atoms with Crippen LogP contribution in [0, 0.1) is 6.92 Å². The van der Waals surface area contributed by atoms with Crippen LogP contribution in [0.3, 0.4) is 0 Å². The number of nitrogens with one attached hydrogen (secondary N) is 1. The van der Waals surface area contributed by atoms with Crippen molar-refractivity contribution in [2.45, 2.75) is 50.7 Å². The lowest BCUT2D eigenvalue weighted by atomic mass is 10.0. The number of ether oxygens (including phenoxy) is 1. The van der Waals surface area contributed by atoms with Crippen LogP contribution in [0.4, 0.5) is 5.69 Å². The van der Waals surface area contributed by atoms with E-state index in [0.717, 1.165) is 25.5 Å². The van der Waals surface area contributed by atoms with Gasteiger partial charge in [-0.2, -0.15) is 0 Å². The molecule has 0 saturated carbocycles. The van der Waals surface area contributed by atoms with Crippen molar-refractivity contribution in [1.82, 2.24) is 10.2 Å². The topological polar surface area (TPSA) is 96.0 Å². The van der Waals surface area contributed by atoms with Gasteiger partial charge < -0.3 is 15.0 Å². The molecule has 0 saturated heterocycles. The number of nitrogens with zero attached hydrogens (tertiary/aromatic N) is 2. The summed E-state index contributed by atoms with van der Waals surface area (Å²) in [6.07, 6.45) is 0.245. The maximum Gasteiger partial charge on any atom is 0.264 e. The summed E-state index contributed by atoms with van der Waals surface area (Å²) >= 11 is 3.45. The number of rotatable bonds is 13. The fourth-order valence-electron chi connectivity index (χ4n) is 4.84. The Bertz CT molecular complexity index is 1680. The lowest BCUT2D eigenvalue weighted by Crippen LogP contribution is -2.54. The lowest BCUT2D eigenvalue weighted by molar-refractivity contribution is -0.140. The molecule has 4 aromatic rings. The Morgan fingerprint density at radius 1 is 0.844 bits per heavy atom. The molecule has 1 N–H and O–H groups in total. The van der Waals surface area contributed by atoms with E-state index in [4.69, 9.17) is 4.74 Å². The fraction of sp³-hybridized carbons (Fsp3) is 0.257. The van der Waals surface area contributed by atoms with Gasteiger partial charge in [0.25, 0.3) is 10.0 Å². The van der Waals surface area contributed by atoms with Crippen LogP contribution in [0.5, 0.6) is 5.75 Å². The summed E-state index contributed by atoms with van der Waals surface area (Å²) in [4.78, 5) is 29.8. The van der Waals surface area contributed by atoms with Gasteiger partial charge in [0.15, 0.2) is 0 Å². The summed E-state index contributed by atoms with van der Waals surface area (Å²) in [5, 5.41) is 2.97. The number of benzene rings is 4. The Morgan fingerprint density at radius 3 is 2.04 bits per heavy atom. The summed E-state index contributed by atoms with van der Waals surface area (Å²) in [5.74, 6) is -0.302. The number of halogens is 1. The molecule has 236 valence electrons. The highest BCUT2D eigenvalue weighted by Gasteiger charge is 2.34. The van der Waals surface area contributed by atoms with Gasteiger partial charge in [-0.25, -0.2) is 8.42 Å². The zero-order valence-electron chi connectivity index (χ0n) is 25.8. The second kappa shape index (κ2) is 15.2. The predicted molar refractivity (Wildman–Crippen MR) is 181 cm³/mol. The molecule has 0 aromatic heterocycles. The van der Waals surface area contributed by atoms with Crippen LogP contribution < -0.4 is 14.4 Å². The van der Waals surface area contributed by atoms with Crippen molar-refractivity contribution in [1.29, 1.82) is 0 Å². The van der Waals surface area contributed by atoms with Crippen LogP contribution in [0.15, 0.2) is 112 Å². The molecule has 0 aliphatic rings. The SMILES string of the molecule is COc1ccc(N(CC(=O)N(Cc2ccc(Br)cc2)[C@H](Cc2ccccc2)C(=O)NC(C)C)S(=O)(=O)c2ccc(C)cc2)cc1. The maximum absolute atomic E-state index is 14.5. The molecule has 0 aliphatic heterocycles. The molecule has 0 aliphatic carbocycles. The van der Waals surface area contributed by atoms with E-state index in [1.165, 1.54) is 24.1 Å². The Kier molecular flexibility index (Phi) is 11.4. The fourth-order valence-corrected chi connectivity index (χ4v) is 6.51. The van der Waals surface area contributed by atoms with E-state index in [2.05, 4.69) is 21.2 Å².